The van der Waals surface area contributed by atoms with Crippen LogP contribution in [-0.2, 0) is 21.9 Å². The number of carbonyl (C=O) groups is 2. The maximum Gasteiger partial charge on any atom is 0.301 e. The third-order valence-corrected chi connectivity index (χ3v) is 10.1. The Bertz CT molecular complexity index is 2090. The number of nitro benzene ring substituents is 1. The van der Waals surface area contributed by atoms with Gasteiger partial charge in [-0.3, -0.25) is 24.6 Å². The number of anilines is 1. The van der Waals surface area contributed by atoms with Crippen LogP contribution in [0.2, 0.25) is 10.0 Å². The summed E-state index contributed by atoms with van der Waals surface area (Å²) in [6.07, 6.45) is 0. The van der Waals surface area contributed by atoms with Gasteiger partial charge in [-0.15, -0.1) is 10.2 Å². The van der Waals surface area contributed by atoms with Crippen molar-refractivity contribution in [3.05, 3.63) is 145 Å². The van der Waals surface area contributed by atoms with Crippen LogP contribution in [0.3, 0.4) is 0 Å². The summed E-state index contributed by atoms with van der Waals surface area (Å²) in [5.74, 6) is -1.42. The number of nitro groups is 1. The maximum atomic E-state index is 13.6. The number of thioether (sulfide) groups is 1. The summed E-state index contributed by atoms with van der Waals surface area (Å²) in [5, 5.41) is 32.6. The molecule has 1 fully saturated rings. The van der Waals surface area contributed by atoms with Gasteiger partial charge in [-0.25, -0.2) is 0 Å². The molecule has 6 rings (SSSR count). The van der Waals surface area contributed by atoms with Gasteiger partial charge in [0.05, 0.1) is 16.5 Å². The molecular formula is C34H24Cl2N4O6S2. The van der Waals surface area contributed by atoms with Crippen molar-refractivity contribution in [1.29, 1.82) is 0 Å². The van der Waals surface area contributed by atoms with Gasteiger partial charge in [0.15, 0.2) is 4.34 Å². The van der Waals surface area contributed by atoms with Gasteiger partial charge in [-0.1, -0.05) is 94.3 Å². The number of aryl methyl sites for hydroxylation is 1. The number of aliphatic hydroxyl groups is 1. The molecular weight excluding hydrogens is 695 g/mol. The second-order valence-electron chi connectivity index (χ2n) is 10.7. The number of amides is 1. The van der Waals surface area contributed by atoms with Gasteiger partial charge in [-0.05, 0) is 60.0 Å². The van der Waals surface area contributed by atoms with Crippen LogP contribution in [0.15, 0.2) is 101 Å². The number of nitrogens with zero attached hydrogens (tertiary/aromatic N) is 4. The number of rotatable bonds is 10. The van der Waals surface area contributed by atoms with Crippen LogP contribution < -0.4 is 9.64 Å². The highest BCUT2D eigenvalue weighted by Gasteiger charge is 2.48. The standard InChI is InChI=1S/C34H24Cl2N4O6S2/c1-19-4-2-5-20(14-19)17-46-26-12-9-21(10-13-26)30(41)28-29(22-6-3-7-25(15-22)40(44)45)39(32(43)31(28)42)33-37-38-34(48-33)47-18-23-8-11-24(35)16-27(23)36/h2-16,29,41H,17-18H2,1H3. The van der Waals surface area contributed by atoms with Crippen LogP contribution in [0, 0.1) is 17.0 Å². The van der Waals surface area contributed by atoms with Crippen LogP contribution >= 0.6 is 46.3 Å². The van der Waals surface area contributed by atoms with Crippen LogP contribution in [-0.4, -0.2) is 31.9 Å². The molecule has 0 aliphatic carbocycles. The maximum absolute atomic E-state index is 13.6. The van der Waals surface area contributed by atoms with Crippen LogP contribution in [0.1, 0.15) is 33.9 Å². The number of aliphatic hydroxyl groups excluding tert-OH is 1. The summed E-state index contributed by atoms with van der Waals surface area (Å²) in [6.45, 7) is 2.33. The van der Waals surface area contributed by atoms with Crippen molar-refractivity contribution in [1.82, 2.24) is 10.2 Å². The summed E-state index contributed by atoms with van der Waals surface area (Å²) < 4.78 is 6.37. The minimum absolute atomic E-state index is 0.0808. The number of ether oxygens (including phenoxy) is 1. The van der Waals surface area contributed by atoms with Crippen molar-refractivity contribution in [3.63, 3.8) is 0 Å². The Balaban J connectivity index is 1.32. The molecule has 242 valence electrons. The van der Waals surface area contributed by atoms with Gasteiger partial charge < -0.3 is 9.84 Å². The van der Waals surface area contributed by atoms with Gasteiger partial charge in [0.25, 0.3) is 11.5 Å². The lowest BCUT2D eigenvalue weighted by atomic mass is 9.95. The number of non-ortho nitro benzene ring substituents is 1. The third-order valence-electron chi connectivity index (χ3n) is 7.43. The molecule has 1 saturated heterocycles. The molecule has 1 aromatic heterocycles. The Hall–Kier alpha value is -4.75. The van der Waals surface area contributed by atoms with E-state index in [1.165, 1.54) is 30.0 Å². The topological polar surface area (TPSA) is 136 Å². The van der Waals surface area contributed by atoms with E-state index in [0.717, 1.165) is 32.9 Å². The zero-order valence-corrected chi connectivity index (χ0v) is 28.1. The first-order valence-corrected chi connectivity index (χ1v) is 16.9. The van der Waals surface area contributed by atoms with E-state index in [2.05, 4.69) is 10.2 Å². The fourth-order valence-corrected chi connectivity index (χ4v) is 7.55. The Kier molecular flexibility index (Phi) is 9.78. The molecule has 1 amide bonds. The van der Waals surface area contributed by atoms with E-state index < -0.39 is 28.4 Å². The summed E-state index contributed by atoms with van der Waals surface area (Å²) in [6, 6.07) is 23.8. The molecule has 0 radical (unpaired) electrons. The van der Waals surface area contributed by atoms with E-state index >= 15 is 0 Å². The number of hydrogen-bond acceptors (Lipinski definition) is 10. The second kappa shape index (κ2) is 14.2. The molecule has 1 aliphatic rings. The summed E-state index contributed by atoms with van der Waals surface area (Å²) in [7, 11) is 0. The number of carbonyl (C=O) groups excluding carboxylic acids is 2. The summed E-state index contributed by atoms with van der Waals surface area (Å²) in [4.78, 5) is 39.4. The predicted octanol–water partition coefficient (Wildman–Crippen LogP) is 8.56. The van der Waals surface area contributed by atoms with E-state index in [9.17, 15) is 24.8 Å². The SMILES string of the molecule is Cc1cccc(COc2ccc(C(O)=C3C(=O)C(=O)N(c4nnc(SCc5ccc(Cl)cc5Cl)s4)C3c3cccc([N+](=O)[O-])c3)cc2)c1. The first-order valence-electron chi connectivity index (χ1n) is 14.3. The van der Waals surface area contributed by atoms with Crippen LogP contribution in [0.25, 0.3) is 5.76 Å². The van der Waals surface area contributed by atoms with Crippen molar-refractivity contribution < 1.29 is 24.4 Å². The number of Topliss-reactive ketones (excluding diaryl/α,β-unsaturated/α-hetero) is 1. The summed E-state index contributed by atoms with van der Waals surface area (Å²) >= 11 is 14.7. The van der Waals surface area contributed by atoms with Gasteiger partial charge >= 0.3 is 5.91 Å². The number of ketones is 1. The Morgan fingerprint density at radius 2 is 1.79 bits per heavy atom. The lowest BCUT2D eigenvalue weighted by molar-refractivity contribution is -0.384. The van der Waals surface area contributed by atoms with Crippen molar-refractivity contribution in [2.24, 2.45) is 0 Å². The average molecular weight is 720 g/mol. The molecule has 10 nitrogen and oxygen atoms in total. The highest BCUT2D eigenvalue weighted by molar-refractivity contribution is 8.00. The molecule has 0 bridgehead atoms. The molecule has 2 heterocycles. The van der Waals surface area contributed by atoms with Crippen molar-refractivity contribution in [2.75, 3.05) is 4.90 Å². The number of halogens is 2. The van der Waals surface area contributed by atoms with Gasteiger partial charge in [0.2, 0.25) is 5.13 Å². The largest absolute Gasteiger partial charge is 0.507 e. The fraction of sp³-hybridized carbons (Fsp3) is 0.118. The smallest absolute Gasteiger partial charge is 0.301 e. The molecule has 0 spiro atoms. The second-order valence-corrected chi connectivity index (χ2v) is 13.7. The lowest BCUT2D eigenvalue weighted by Gasteiger charge is -2.22. The van der Waals surface area contributed by atoms with Crippen molar-refractivity contribution in [2.45, 2.75) is 29.7 Å². The summed E-state index contributed by atoms with van der Waals surface area (Å²) in [5.41, 5.74) is 2.91. The predicted molar refractivity (Wildman–Crippen MR) is 186 cm³/mol. The van der Waals surface area contributed by atoms with E-state index in [-0.39, 0.29) is 27.5 Å². The normalized spacial score (nSPS) is 15.6. The molecule has 1 atom stereocenters. The van der Waals surface area contributed by atoms with Gasteiger partial charge in [0, 0.05) is 33.5 Å². The van der Waals surface area contributed by atoms with Crippen molar-refractivity contribution in [3.8, 4) is 5.75 Å². The van der Waals surface area contributed by atoms with Gasteiger partial charge in [-0.2, -0.15) is 0 Å². The molecule has 1 unspecified atom stereocenters. The molecule has 1 aliphatic heterocycles. The van der Waals surface area contributed by atoms with Crippen LogP contribution in [0.5, 0.6) is 5.75 Å². The third kappa shape index (κ3) is 7.07. The minimum atomic E-state index is -1.22. The zero-order chi connectivity index (χ0) is 33.9. The quantitative estimate of drug-likeness (QED) is 0.0286. The first kappa shape index (κ1) is 33.2. The highest BCUT2D eigenvalue weighted by atomic mass is 35.5. The van der Waals surface area contributed by atoms with E-state index in [0.29, 0.717) is 32.5 Å². The zero-order valence-electron chi connectivity index (χ0n) is 25.0. The molecule has 4 aromatic carbocycles. The molecule has 48 heavy (non-hydrogen) atoms. The van der Waals surface area contributed by atoms with E-state index in [4.69, 9.17) is 27.9 Å². The first-order chi connectivity index (χ1) is 23.1. The van der Waals surface area contributed by atoms with E-state index in [1.807, 2.05) is 31.2 Å². The number of aromatic nitrogens is 2. The molecule has 14 heteroatoms. The lowest BCUT2D eigenvalue weighted by Crippen LogP contribution is -2.29. The molecule has 1 N–H and O–H groups in total. The Labute approximate surface area is 292 Å². The minimum Gasteiger partial charge on any atom is -0.507 e. The Morgan fingerprint density at radius 1 is 1.02 bits per heavy atom. The Morgan fingerprint density at radius 3 is 2.52 bits per heavy atom. The fourth-order valence-electron chi connectivity index (χ4n) is 5.12. The van der Waals surface area contributed by atoms with Gasteiger partial charge in [0.1, 0.15) is 18.1 Å². The molecule has 5 aromatic rings. The highest BCUT2D eigenvalue weighted by Crippen LogP contribution is 2.45. The average Bonchev–Trinajstić information content (AvgIpc) is 3.65. The number of benzene rings is 4. The van der Waals surface area contributed by atoms with Crippen molar-refractivity contribution >= 4 is 74.6 Å². The van der Waals surface area contributed by atoms with Crippen LogP contribution in [0.4, 0.5) is 10.8 Å². The van der Waals surface area contributed by atoms with E-state index in [1.54, 1.807) is 48.5 Å². The molecule has 0 saturated carbocycles. The monoisotopic (exact) mass is 718 g/mol. The number of hydrogen-bond donors (Lipinski definition) is 1.